The van der Waals surface area contributed by atoms with Gasteiger partial charge in [-0.05, 0) is 30.5 Å². The third-order valence-electron chi connectivity index (χ3n) is 5.03. The van der Waals surface area contributed by atoms with Gasteiger partial charge in [0.2, 0.25) is 10.0 Å². The van der Waals surface area contributed by atoms with Gasteiger partial charge in [0.25, 0.3) is 0 Å². The molecule has 0 atom stereocenters. The maximum atomic E-state index is 11.3. The summed E-state index contributed by atoms with van der Waals surface area (Å²) >= 11 is 11.9. The third kappa shape index (κ3) is 7.11. The number of hydrogen-bond acceptors (Lipinski definition) is 7. The SMILES string of the molecule is CS(=O)(=O)N[C@H]1C[C@H](N/C=C(\C=N)c2ccc(Oc3cc(Cl)c(OCCCl)c(C#N)c3)cc2)C1. The van der Waals surface area contributed by atoms with E-state index in [0.717, 1.165) is 11.8 Å². The van der Waals surface area contributed by atoms with Gasteiger partial charge in [0, 0.05) is 42.2 Å². The molecule has 8 nitrogen and oxygen atoms in total. The summed E-state index contributed by atoms with van der Waals surface area (Å²) in [7, 11) is -3.20. The molecule has 0 aliphatic heterocycles. The van der Waals surface area contributed by atoms with Crippen molar-refractivity contribution in [3.8, 4) is 23.3 Å². The number of halogens is 2. The Labute approximate surface area is 209 Å². The molecule has 1 aliphatic carbocycles. The van der Waals surface area contributed by atoms with Crippen molar-refractivity contribution < 1.29 is 17.9 Å². The van der Waals surface area contributed by atoms with Crippen molar-refractivity contribution in [2.45, 2.75) is 24.9 Å². The lowest BCUT2D eigenvalue weighted by Crippen LogP contribution is -2.50. The van der Waals surface area contributed by atoms with E-state index in [1.807, 2.05) is 18.2 Å². The second-order valence-electron chi connectivity index (χ2n) is 7.72. The summed E-state index contributed by atoms with van der Waals surface area (Å²) in [6.45, 7) is 0.230. The molecule has 180 valence electrons. The van der Waals surface area contributed by atoms with Crippen LogP contribution in [-0.2, 0) is 10.0 Å². The Morgan fingerprint density at radius 3 is 2.53 bits per heavy atom. The quantitative estimate of drug-likeness (QED) is 0.298. The van der Waals surface area contributed by atoms with Gasteiger partial charge in [-0.1, -0.05) is 23.7 Å². The number of sulfonamides is 1. The molecule has 3 N–H and O–H groups in total. The van der Waals surface area contributed by atoms with Crippen LogP contribution in [0.4, 0.5) is 0 Å². The highest BCUT2D eigenvalue weighted by molar-refractivity contribution is 7.88. The van der Waals surface area contributed by atoms with Gasteiger partial charge < -0.3 is 20.2 Å². The number of benzene rings is 2. The zero-order chi connectivity index (χ0) is 24.7. The second-order valence-corrected chi connectivity index (χ2v) is 10.3. The standard InChI is InChI=1S/C23H24Cl2N4O4S/c1-34(30,31)29-19-9-18(10-19)28-14-17(13-27)15-2-4-20(5-3-15)33-21-8-16(12-26)23(22(25)11-21)32-7-6-24/h2-5,8,11,13-14,18-19,27-29H,6-7,9-10H2,1H3/b17-14+,27-13?/t18-,19-. The molecule has 1 aliphatic rings. The maximum Gasteiger partial charge on any atom is 0.208 e. The first kappa shape index (κ1) is 25.8. The monoisotopic (exact) mass is 522 g/mol. The van der Waals surface area contributed by atoms with Crippen LogP contribution in [0.2, 0.25) is 5.02 Å². The average molecular weight is 523 g/mol. The molecule has 34 heavy (non-hydrogen) atoms. The van der Waals surface area contributed by atoms with Crippen molar-refractivity contribution >= 4 is 45.0 Å². The van der Waals surface area contributed by atoms with Crippen LogP contribution in [-0.4, -0.2) is 45.5 Å². The molecule has 0 radical (unpaired) electrons. The molecule has 0 amide bonds. The highest BCUT2D eigenvalue weighted by Gasteiger charge is 2.30. The molecule has 2 aromatic carbocycles. The number of nitrogens with zero attached hydrogens (tertiary/aromatic N) is 1. The Bertz CT molecular complexity index is 1200. The predicted molar refractivity (Wildman–Crippen MR) is 134 cm³/mol. The number of nitrogens with one attached hydrogen (secondary N) is 3. The molecule has 0 unspecified atom stereocenters. The predicted octanol–water partition coefficient (Wildman–Crippen LogP) is 4.28. The lowest BCUT2D eigenvalue weighted by Gasteiger charge is -2.35. The van der Waals surface area contributed by atoms with Gasteiger partial charge in [0.15, 0.2) is 5.75 Å². The normalized spacial score (nSPS) is 17.9. The number of alkyl halides is 1. The van der Waals surface area contributed by atoms with Gasteiger partial charge in [-0.25, -0.2) is 13.1 Å². The van der Waals surface area contributed by atoms with E-state index >= 15 is 0 Å². The second kappa shape index (κ2) is 11.6. The van der Waals surface area contributed by atoms with Crippen LogP contribution in [0.15, 0.2) is 42.6 Å². The van der Waals surface area contributed by atoms with Crippen molar-refractivity contribution in [3.63, 3.8) is 0 Å². The molecule has 0 heterocycles. The van der Waals surface area contributed by atoms with Gasteiger partial charge >= 0.3 is 0 Å². The van der Waals surface area contributed by atoms with E-state index in [1.165, 1.54) is 6.21 Å². The van der Waals surface area contributed by atoms with Gasteiger partial charge in [0.05, 0.1) is 22.7 Å². The summed E-state index contributed by atoms with van der Waals surface area (Å²) in [6.07, 6.45) is 5.52. The van der Waals surface area contributed by atoms with E-state index < -0.39 is 10.0 Å². The van der Waals surface area contributed by atoms with Crippen LogP contribution in [0.25, 0.3) is 5.57 Å². The zero-order valence-corrected chi connectivity index (χ0v) is 20.7. The number of hydrogen-bond donors (Lipinski definition) is 3. The van der Waals surface area contributed by atoms with Gasteiger partial charge in [-0.15, -0.1) is 11.6 Å². The van der Waals surface area contributed by atoms with Crippen molar-refractivity contribution in [2.75, 3.05) is 18.7 Å². The van der Waals surface area contributed by atoms with E-state index in [9.17, 15) is 13.7 Å². The van der Waals surface area contributed by atoms with Crippen LogP contribution in [0.3, 0.4) is 0 Å². The highest BCUT2D eigenvalue weighted by Crippen LogP contribution is 2.35. The van der Waals surface area contributed by atoms with Crippen LogP contribution >= 0.6 is 23.2 Å². The molecular weight excluding hydrogens is 499 g/mol. The van der Waals surface area contributed by atoms with Crippen LogP contribution < -0.4 is 19.5 Å². The molecule has 1 fully saturated rings. The van der Waals surface area contributed by atoms with E-state index in [2.05, 4.69) is 10.0 Å². The Morgan fingerprint density at radius 1 is 1.24 bits per heavy atom. The summed E-state index contributed by atoms with van der Waals surface area (Å²) < 4.78 is 36.4. The summed E-state index contributed by atoms with van der Waals surface area (Å²) in [5.41, 5.74) is 1.72. The summed E-state index contributed by atoms with van der Waals surface area (Å²) in [5.74, 6) is 1.46. The minimum Gasteiger partial charge on any atom is -0.489 e. The van der Waals surface area contributed by atoms with Gasteiger partial charge in [-0.3, -0.25) is 0 Å². The Balaban J connectivity index is 1.63. The van der Waals surface area contributed by atoms with Crippen molar-refractivity contribution in [1.29, 1.82) is 10.7 Å². The van der Waals surface area contributed by atoms with E-state index in [4.69, 9.17) is 38.1 Å². The third-order valence-corrected chi connectivity index (χ3v) is 6.23. The van der Waals surface area contributed by atoms with Crippen molar-refractivity contribution in [2.24, 2.45) is 0 Å². The number of rotatable bonds is 11. The Kier molecular flexibility index (Phi) is 8.80. The van der Waals surface area contributed by atoms with E-state index in [-0.39, 0.29) is 40.9 Å². The van der Waals surface area contributed by atoms with Crippen LogP contribution in [0.5, 0.6) is 17.2 Å². The molecule has 0 bridgehead atoms. The fourth-order valence-corrected chi connectivity index (χ4v) is 4.56. The van der Waals surface area contributed by atoms with E-state index in [1.54, 1.807) is 30.5 Å². The first-order valence-electron chi connectivity index (χ1n) is 10.4. The van der Waals surface area contributed by atoms with Crippen molar-refractivity contribution in [3.05, 3.63) is 58.7 Å². The lowest BCUT2D eigenvalue weighted by atomic mass is 9.88. The van der Waals surface area contributed by atoms with E-state index in [0.29, 0.717) is 29.9 Å². The van der Waals surface area contributed by atoms with Gasteiger partial charge in [0.1, 0.15) is 24.2 Å². The minimum atomic E-state index is -3.20. The number of nitriles is 1. The lowest BCUT2D eigenvalue weighted by molar-refractivity contribution is 0.297. The fraction of sp³-hybridized carbons (Fsp3) is 0.304. The topological polar surface area (TPSA) is 124 Å². The fourth-order valence-electron chi connectivity index (χ4n) is 3.42. The first-order valence-corrected chi connectivity index (χ1v) is 13.2. The Morgan fingerprint density at radius 2 is 1.94 bits per heavy atom. The molecule has 0 aromatic heterocycles. The molecular formula is C23H24Cl2N4O4S. The zero-order valence-electron chi connectivity index (χ0n) is 18.3. The summed E-state index contributed by atoms with van der Waals surface area (Å²) in [4.78, 5) is 0. The summed E-state index contributed by atoms with van der Waals surface area (Å²) in [5, 5.41) is 20.6. The first-order chi connectivity index (χ1) is 16.2. The maximum absolute atomic E-state index is 11.3. The molecule has 11 heteroatoms. The molecule has 0 saturated heterocycles. The molecule has 1 saturated carbocycles. The molecule has 3 rings (SSSR count). The van der Waals surface area contributed by atoms with Crippen LogP contribution in [0.1, 0.15) is 24.0 Å². The number of allylic oxidation sites excluding steroid dienone is 1. The van der Waals surface area contributed by atoms with Crippen LogP contribution in [0, 0.1) is 16.7 Å². The average Bonchev–Trinajstić information content (AvgIpc) is 2.76. The van der Waals surface area contributed by atoms with Crippen molar-refractivity contribution in [1.82, 2.24) is 10.0 Å². The molecule has 0 spiro atoms. The smallest absolute Gasteiger partial charge is 0.208 e. The number of ether oxygens (including phenoxy) is 2. The summed E-state index contributed by atoms with van der Waals surface area (Å²) in [6, 6.07) is 12.4. The Hall–Kier alpha value is -2.77. The highest BCUT2D eigenvalue weighted by atomic mass is 35.5. The largest absolute Gasteiger partial charge is 0.489 e. The molecule has 2 aromatic rings. The minimum absolute atomic E-state index is 0.0585. The van der Waals surface area contributed by atoms with Gasteiger partial charge in [-0.2, -0.15) is 5.26 Å².